The molecule has 1 aliphatic rings. The molecule has 0 aliphatic carbocycles. The van der Waals surface area contributed by atoms with Gasteiger partial charge in [-0.25, -0.2) is 9.79 Å². The van der Waals surface area contributed by atoms with E-state index < -0.39 is 5.97 Å². The molecule has 0 spiro atoms. The van der Waals surface area contributed by atoms with Crippen LogP contribution in [0.25, 0.3) is 6.08 Å². The van der Waals surface area contributed by atoms with E-state index in [-0.39, 0.29) is 11.1 Å². The number of hydrogen-bond donors (Lipinski definition) is 0. The number of aliphatic imine (C=N–C) groups is 1. The van der Waals surface area contributed by atoms with Crippen LogP contribution in [0.1, 0.15) is 48.6 Å². The lowest BCUT2D eigenvalue weighted by Gasteiger charge is -2.18. The van der Waals surface area contributed by atoms with Crippen LogP contribution in [-0.4, -0.2) is 11.9 Å². The largest absolute Gasteiger partial charge is 0.489 e. The van der Waals surface area contributed by atoms with Gasteiger partial charge in [0.25, 0.3) is 0 Å². The van der Waals surface area contributed by atoms with Gasteiger partial charge in [0.05, 0.1) is 0 Å². The number of carbonyl (C=O) groups is 1. The Morgan fingerprint density at radius 3 is 2.19 bits per heavy atom. The Labute approximate surface area is 189 Å². The van der Waals surface area contributed by atoms with Crippen LogP contribution in [-0.2, 0) is 21.6 Å². The van der Waals surface area contributed by atoms with E-state index in [2.05, 4.69) is 57.0 Å². The Balaban J connectivity index is 1.44. The lowest BCUT2D eigenvalue weighted by molar-refractivity contribution is -0.129. The molecule has 0 N–H and O–H groups in total. The van der Waals surface area contributed by atoms with Gasteiger partial charge in [-0.1, -0.05) is 74.9 Å². The number of hydrogen-bond acceptors (Lipinski definition) is 4. The maximum absolute atomic E-state index is 12.3. The van der Waals surface area contributed by atoms with Crippen LogP contribution in [0.5, 0.6) is 5.75 Å². The molecule has 0 radical (unpaired) electrons. The summed E-state index contributed by atoms with van der Waals surface area (Å²) in [7, 11) is 0. The van der Waals surface area contributed by atoms with Crippen molar-refractivity contribution in [3.05, 3.63) is 106 Å². The molecule has 0 amide bonds. The summed E-state index contributed by atoms with van der Waals surface area (Å²) in [6.07, 6.45) is 1.72. The smallest absolute Gasteiger partial charge is 0.363 e. The predicted octanol–water partition coefficient (Wildman–Crippen LogP) is 6.22. The van der Waals surface area contributed by atoms with Crippen molar-refractivity contribution in [1.29, 1.82) is 0 Å². The predicted molar refractivity (Wildman–Crippen MR) is 128 cm³/mol. The number of ether oxygens (including phenoxy) is 2. The van der Waals surface area contributed by atoms with E-state index in [9.17, 15) is 4.79 Å². The number of esters is 1. The van der Waals surface area contributed by atoms with Gasteiger partial charge in [0, 0.05) is 5.56 Å². The van der Waals surface area contributed by atoms with Crippen molar-refractivity contribution in [3.8, 4) is 5.75 Å². The molecule has 32 heavy (non-hydrogen) atoms. The Morgan fingerprint density at radius 2 is 1.56 bits per heavy atom. The monoisotopic (exact) mass is 425 g/mol. The highest BCUT2D eigenvalue weighted by atomic mass is 16.6. The number of benzene rings is 3. The molecule has 3 aromatic rings. The second kappa shape index (κ2) is 8.83. The zero-order chi connectivity index (χ0) is 22.7. The summed E-state index contributed by atoms with van der Waals surface area (Å²) < 4.78 is 11.2. The molecule has 0 unspecified atom stereocenters. The van der Waals surface area contributed by atoms with Gasteiger partial charge in [-0.3, -0.25) is 0 Å². The lowest BCUT2D eigenvalue weighted by Crippen LogP contribution is -2.11. The number of cyclic esters (lactones) is 1. The average molecular weight is 426 g/mol. The van der Waals surface area contributed by atoms with Gasteiger partial charge in [-0.15, -0.1) is 0 Å². The molecule has 0 aromatic heterocycles. The van der Waals surface area contributed by atoms with Gasteiger partial charge >= 0.3 is 5.97 Å². The molecule has 1 aliphatic heterocycles. The van der Waals surface area contributed by atoms with Crippen molar-refractivity contribution < 1.29 is 14.3 Å². The van der Waals surface area contributed by atoms with Crippen LogP contribution in [0, 0.1) is 6.92 Å². The first-order chi connectivity index (χ1) is 15.3. The maximum Gasteiger partial charge on any atom is 0.363 e. The van der Waals surface area contributed by atoms with E-state index in [0.717, 1.165) is 22.4 Å². The summed E-state index contributed by atoms with van der Waals surface area (Å²) in [5.74, 6) is 0.657. The molecule has 162 valence electrons. The minimum atomic E-state index is -0.445. The lowest BCUT2D eigenvalue weighted by atomic mass is 9.87. The zero-order valence-corrected chi connectivity index (χ0v) is 18.9. The van der Waals surface area contributed by atoms with Crippen LogP contribution in [0.2, 0.25) is 0 Å². The Hall–Kier alpha value is -3.66. The second-order valence-corrected chi connectivity index (χ2v) is 9.01. The maximum atomic E-state index is 12.3. The minimum absolute atomic E-state index is 0.0633. The first-order valence-corrected chi connectivity index (χ1v) is 10.7. The molecular weight excluding hydrogens is 398 g/mol. The highest BCUT2D eigenvalue weighted by Gasteiger charge is 2.24. The SMILES string of the molecule is Cc1ccc(COc2ccc(/C=C3\N=C(c4ccc(C(C)(C)C)cc4)OC3=O)cc2)cc1. The minimum Gasteiger partial charge on any atom is -0.489 e. The van der Waals surface area contributed by atoms with Gasteiger partial charge in [-0.2, -0.15) is 0 Å². The molecule has 0 fully saturated rings. The van der Waals surface area contributed by atoms with Crippen molar-refractivity contribution in [2.24, 2.45) is 4.99 Å². The quantitative estimate of drug-likeness (QED) is 0.360. The number of carbonyl (C=O) groups excluding carboxylic acids is 1. The van der Waals surface area contributed by atoms with Crippen molar-refractivity contribution in [2.45, 2.75) is 39.7 Å². The van der Waals surface area contributed by atoms with E-state index >= 15 is 0 Å². The molecule has 1 heterocycles. The second-order valence-electron chi connectivity index (χ2n) is 9.01. The van der Waals surface area contributed by atoms with Gasteiger partial charge in [0.15, 0.2) is 5.70 Å². The summed E-state index contributed by atoms with van der Waals surface area (Å²) in [5, 5.41) is 0. The van der Waals surface area contributed by atoms with Gasteiger partial charge in [-0.05, 0) is 59.4 Å². The summed E-state index contributed by atoms with van der Waals surface area (Å²) in [6.45, 7) is 9.06. The summed E-state index contributed by atoms with van der Waals surface area (Å²) in [6, 6.07) is 23.8. The van der Waals surface area contributed by atoms with Crippen LogP contribution in [0.3, 0.4) is 0 Å². The first kappa shape index (κ1) is 21.6. The van der Waals surface area contributed by atoms with E-state index in [4.69, 9.17) is 9.47 Å². The van der Waals surface area contributed by atoms with Gasteiger partial charge in [0.2, 0.25) is 5.90 Å². The normalized spacial score (nSPS) is 14.9. The van der Waals surface area contributed by atoms with Crippen LogP contribution in [0.15, 0.2) is 83.5 Å². The highest BCUT2D eigenvalue weighted by Crippen LogP contribution is 2.25. The highest BCUT2D eigenvalue weighted by molar-refractivity contribution is 6.12. The molecule has 3 aromatic carbocycles. The summed E-state index contributed by atoms with van der Waals surface area (Å²) in [4.78, 5) is 16.7. The molecule has 0 bridgehead atoms. The third-order valence-electron chi connectivity index (χ3n) is 5.33. The molecule has 4 nitrogen and oxygen atoms in total. The van der Waals surface area contributed by atoms with E-state index in [0.29, 0.717) is 12.5 Å². The van der Waals surface area contributed by atoms with Crippen LogP contribution >= 0.6 is 0 Å². The Bertz CT molecular complexity index is 1160. The molecule has 0 atom stereocenters. The van der Waals surface area contributed by atoms with Crippen molar-refractivity contribution >= 4 is 17.9 Å². The number of nitrogens with zero attached hydrogens (tertiary/aromatic N) is 1. The Morgan fingerprint density at radius 1 is 0.906 bits per heavy atom. The fourth-order valence-electron chi connectivity index (χ4n) is 3.31. The molecule has 0 saturated heterocycles. The number of aryl methyl sites for hydroxylation is 1. The van der Waals surface area contributed by atoms with Crippen molar-refractivity contribution in [3.63, 3.8) is 0 Å². The standard InChI is InChI=1S/C28H27NO3/c1-19-5-7-21(8-6-19)18-31-24-15-9-20(10-16-24)17-25-27(30)32-26(29-25)22-11-13-23(14-12-22)28(2,3)4/h5-17H,18H2,1-4H3/b25-17-. The first-order valence-electron chi connectivity index (χ1n) is 10.7. The van der Waals surface area contributed by atoms with E-state index in [1.165, 1.54) is 11.1 Å². The zero-order valence-electron chi connectivity index (χ0n) is 18.9. The third kappa shape index (κ3) is 5.14. The Kier molecular flexibility index (Phi) is 5.95. The van der Waals surface area contributed by atoms with E-state index in [1.807, 2.05) is 48.5 Å². The molecular formula is C28H27NO3. The number of rotatable bonds is 5. The molecule has 4 heteroatoms. The van der Waals surface area contributed by atoms with Crippen LogP contribution < -0.4 is 4.74 Å². The van der Waals surface area contributed by atoms with Crippen LogP contribution in [0.4, 0.5) is 0 Å². The van der Waals surface area contributed by atoms with Crippen molar-refractivity contribution in [2.75, 3.05) is 0 Å². The molecule has 4 rings (SSSR count). The molecule has 0 saturated carbocycles. The van der Waals surface area contributed by atoms with Crippen molar-refractivity contribution in [1.82, 2.24) is 0 Å². The van der Waals surface area contributed by atoms with E-state index in [1.54, 1.807) is 6.08 Å². The summed E-state index contributed by atoms with van der Waals surface area (Å²) in [5.41, 5.74) is 5.55. The topological polar surface area (TPSA) is 47.9 Å². The van der Waals surface area contributed by atoms with Gasteiger partial charge < -0.3 is 9.47 Å². The fraction of sp³-hybridized carbons (Fsp3) is 0.214. The summed E-state index contributed by atoms with van der Waals surface area (Å²) >= 11 is 0. The van der Waals surface area contributed by atoms with Gasteiger partial charge in [0.1, 0.15) is 12.4 Å². The third-order valence-corrected chi connectivity index (χ3v) is 5.33. The fourth-order valence-corrected chi connectivity index (χ4v) is 3.31. The average Bonchev–Trinajstić information content (AvgIpc) is 3.14.